The minimum Gasteiger partial charge on any atom is -0.348 e. The number of nitrogens with one attached hydrogen (secondary N) is 3. The van der Waals surface area contributed by atoms with E-state index in [4.69, 9.17) is 0 Å². The van der Waals surface area contributed by atoms with Crippen molar-refractivity contribution in [1.82, 2.24) is 15.5 Å². The molecule has 0 saturated carbocycles. The zero-order valence-electron chi connectivity index (χ0n) is 15.7. The van der Waals surface area contributed by atoms with Crippen LogP contribution in [0, 0.1) is 5.82 Å². The minimum atomic E-state index is -0.377. The normalized spacial score (nSPS) is 11.9. The third-order valence-corrected chi connectivity index (χ3v) is 5.16. The zero-order valence-corrected chi connectivity index (χ0v) is 17.3. The van der Waals surface area contributed by atoms with E-state index in [1.54, 1.807) is 18.2 Å². The second-order valence-electron chi connectivity index (χ2n) is 6.42. The summed E-state index contributed by atoms with van der Waals surface area (Å²) in [6.07, 6.45) is 5.23. The van der Waals surface area contributed by atoms with Gasteiger partial charge in [0.05, 0.1) is 4.47 Å². The molecule has 5 nitrogen and oxygen atoms in total. The van der Waals surface area contributed by atoms with Crippen molar-refractivity contribution in [3.8, 4) is 0 Å². The Morgan fingerprint density at radius 2 is 2.07 bits per heavy atom. The third kappa shape index (κ3) is 5.66. The predicted molar refractivity (Wildman–Crippen MR) is 111 cm³/mol. The molecule has 1 unspecified atom stereocenters. The fraction of sp³-hybridized carbons (Fsp3) is 0.400. The van der Waals surface area contributed by atoms with Crippen LogP contribution in [0.15, 0.2) is 35.3 Å². The van der Waals surface area contributed by atoms with Gasteiger partial charge in [0.15, 0.2) is 5.82 Å². The molecule has 0 fully saturated rings. The maximum Gasteiger partial charge on any atom is 0.270 e. The third-order valence-electron chi connectivity index (χ3n) is 4.39. The van der Waals surface area contributed by atoms with Gasteiger partial charge < -0.3 is 10.6 Å². The second-order valence-corrected chi connectivity index (χ2v) is 7.21. The lowest BCUT2D eigenvalue weighted by atomic mass is 10.1. The van der Waals surface area contributed by atoms with E-state index in [0.29, 0.717) is 27.2 Å². The Kier molecular flexibility index (Phi) is 8.03. The molecule has 0 spiro atoms. The van der Waals surface area contributed by atoms with Gasteiger partial charge in [-0.3, -0.25) is 9.89 Å². The molecule has 2 aromatic rings. The van der Waals surface area contributed by atoms with E-state index >= 15 is 0 Å². The van der Waals surface area contributed by atoms with Crippen LogP contribution in [0.25, 0.3) is 5.70 Å². The van der Waals surface area contributed by atoms with Crippen molar-refractivity contribution in [1.29, 1.82) is 0 Å². The summed E-state index contributed by atoms with van der Waals surface area (Å²) in [5, 5.41) is 12.8. The number of rotatable bonds is 10. The number of H-pyrrole nitrogens is 1. The number of halogens is 2. The highest BCUT2D eigenvalue weighted by Crippen LogP contribution is 2.27. The van der Waals surface area contributed by atoms with Crippen LogP contribution >= 0.6 is 15.9 Å². The van der Waals surface area contributed by atoms with E-state index in [-0.39, 0.29) is 17.8 Å². The lowest BCUT2D eigenvalue weighted by molar-refractivity contribution is 0.0927. The van der Waals surface area contributed by atoms with Gasteiger partial charge in [-0.25, -0.2) is 4.39 Å². The Bertz CT molecular complexity index is 790. The van der Waals surface area contributed by atoms with Crippen molar-refractivity contribution in [2.45, 2.75) is 52.0 Å². The number of carbonyl (C=O) groups is 1. The highest BCUT2D eigenvalue weighted by molar-refractivity contribution is 9.10. The Morgan fingerprint density at radius 1 is 1.33 bits per heavy atom. The number of amides is 1. The minimum absolute atomic E-state index is 0.129. The van der Waals surface area contributed by atoms with Crippen LogP contribution in [0.2, 0.25) is 0 Å². The smallest absolute Gasteiger partial charge is 0.270 e. The highest BCUT2D eigenvalue weighted by Gasteiger charge is 2.20. The van der Waals surface area contributed by atoms with Crippen LogP contribution in [0.3, 0.4) is 0 Å². The molecule has 0 aliphatic heterocycles. The summed E-state index contributed by atoms with van der Waals surface area (Å²) in [5.74, 6) is -0.216. The fourth-order valence-electron chi connectivity index (χ4n) is 2.75. The van der Waals surface area contributed by atoms with E-state index in [2.05, 4.69) is 57.2 Å². The summed E-state index contributed by atoms with van der Waals surface area (Å²) in [5.41, 5.74) is 1.03. The topological polar surface area (TPSA) is 69.8 Å². The van der Waals surface area contributed by atoms with E-state index in [9.17, 15) is 9.18 Å². The number of hydrogen-bond donors (Lipinski definition) is 3. The summed E-state index contributed by atoms with van der Waals surface area (Å²) in [4.78, 5) is 12.6. The Hall–Kier alpha value is -2.15. The first kappa shape index (κ1) is 21.2. The molecule has 1 atom stereocenters. The maximum atomic E-state index is 13.9. The van der Waals surface area contributed by atoms with Gasteiger partial charge in [0, 0.05) is 17.3 Å². The standard InChI is InChI=1S/C20H26BrFN4O/c1-4-6-7-10-14(5-2)24-20(27)18-17(21)19(26-25-18)23-13(3)15-11-8-9-12-16(15)22/h8-9,11-12,14H,3-7,10H2,1-2H3,(H,24,27)(H2,23,25,26). The molecule has 0 bridgehead atoms. The number of aromatic nitrogens is 2. The molecule has 0 aliphatic carbocycles. The van der Waals surface area contributed by atoms with Crippen molar-refractivity contribution < 1.29 is 9.18 Å². The number of benzene rings is 1. The van der Waals surface area contributed by atoms with Crippen LogP contribution in [-0.4, -0.2) is 22.1 Å². The van der Waals surface area contributed by atoms with Gasteiger partial charge in [-0.15, -0.1) is 0 Å². The molecule has 3 N–H and O–H groups in total. The van der Waals surface area contributed by atoms with Gasteiger partial charge in [-0.1, -0.05) is 51.8 Å². The molecule has 0 radical (unpaired) electrons. The number of nitrogens with zero attached hydrogens (tertiary/aromatic N) is 1. The average molecular weight is 437 g/mol. The van der Waals surface area contributed by atoms with E-state index in [1.165, 1.54) is 6.07 Å². The van der Waals surface area contributed by atoms with Crippen molar-refractivity contribution >= 4 is 33.4 Å². The van der Waals surface area contributed by atoms with Crippen molar-refractivity contribution in [2.75, 3.05) is 5.32 Å². The van der Waals surface area contributed by atoms with Gasteiger partial charge in [-0.2, -0.15) is 5.10 Å². The first-order chi connectivity index (χ1) is 13.0. The zero-order chi connectivity index (χ0) is 19.8. The van der Waals surface area contributed by atoms with Crippen LogP contribution in [0.5, 0.6) is 0 Å². The van der Waals surface area contributed by atoms with Gasteiger partial charge >= 0.3 is 0 Å². The van der Waals surface area contributed by atoms with Crippen LogP contribution in [-0.2, 0) is 0 Å². The molecule has 1 aromatic heterocycles. The second kappa shape index (κ2) is 10.3. The molecular weight excluding hydrogens is 411 g/mol. The van der Waals surface area contributed by atoms with Crippen molar-refractivity contribution in [3.05, 3.63) is 52.4 Å². The quantitative estimate of drug-likeness (QED) is 0.431. The summed E-state index contributed by atoms with van der Waals surface area (Å²) < 4.78 is 14.4. The van der Waals surface area contributed by atoms with Crippen molar-refractivity contribution in [3.63, 3.8) is 0 Å². The number of aromatic amines is 1. The Morgan fingerprint density at radius 3 is 2.74 bits per heavy atom. The summed E-state index contributed by atoms with van der Waals surface area (Å²) in [7, 11) is 0. The summed E-state index contributed by atoms with van der Waals surface area (Å²) in [6.45, 7) is 8.07. The molecule has 0 saturated heterocycles. The molecule has 146 valence electrons. The van der Waals surface area contributed by atoms with E-state index < -0.39 is 0 Å². The van der Waals surface area contributed by atoms with Gasteiger partial charge in [0.25, 0.3) is 5.91 Å². The molecular formula is C20H26BrFN4O. The lowest BCUT2D eigenvalue weighted by Crippen LogP contribution is -2.34. The first-order valence-electron chi connectivity index (χ1n) is 9.23. The molecule has 7 heteroatoms. The number of hydrogen-bond acceptors (Lipinski definition) is 3. The average Bonchev–Trinajstić information content (AvgIpc) is 3.01. The Balaban J connectivity index is 2.04. The largest absolute Gasteiger partial charge is 0.348 e. The van der Waals surface area contributed by atoms with Crippen LogP contribution in [0.4, 0.5) is 10.2 Å². The Labute approximate surface area is 168 Å². The number of unbranched alkanes of at least 4 members (excludes halogenated alkanes) is 2. The molecule has 2 rings (SSSR count). The SMILES string of the molecule is C=C(Nc1n[nH]c(C(=O)NC(CC)CCCCC)c1Br)c1ccccc1F. The summed E-state index contributed by atoms with van der Waals surface area (Å²) in [6, 6.07) is 6.46. The lowest BCUT2D eigenvalue weighted by Gasteiger charge is -2.16. The van der Waals surface area contributed by atoms with Gasteiger partial charge in [-0.05, 0) is 40.9 Å². The van der Waals surface area contributed by atoms with Gasteiger partial charge in [0.1, 0.15) is 11.5 Å². The number of anilines is 1. The predicted octanol–water partition coefficient (Wildman–Crippen LogP) is 5.48. The van der Waals surface area contributed by atoms with Crippen LogP contribution in [0.1, 0.15) is 62.0 Å². The highest BCUT2D eigenvalue weighted by atomic mass is 79.9. The monoisotopic (exact) mass is 436 g/mol. The molecule has 1 amide bonds. The van der Waals surface area contributed by atoms with E-state index in [1.807, 2.05) is 0 Å². The number of carbonyl (C=O) groups excluding carboxylic acids is 1. The van der Waals surface area contributed by atoms with Gasteiger partial charge in [0.2, 0.25) is 0 Å². The molecule has 27 heavy (non-hydrogen) atoms. The summed E-state index contributed by atoms with van der Waals surface area (Å²) >= 11 is 3.40. The first-order valence-corrected chi connectivity index (χ1v) is 10.0. The molecule has 1 aromatic carbocycles. The molecule has 0 aliphatic rings. The fourth-order valence-corrected chi connectivity index (χ4v) is 3.21. The van der Waals surface area contributed by atoms with Crippen molar-refractivity contribution in [2.24, 2.45) is 0 Å². The maximum absolute atomic E-state index is 13.9. The van der Waals surface area contributed by atoms with E-state index in [0.717, 1.165) is 32.1 Å². The molecule has 1 heterocycles. The van der Waals surface area contributed by atoms with Crippen LogP contribution < -0.4 is 10.6 Å².